The fourth-order valence-corrected chi connectivity index (χ4v) is 4.98. The highest BCUT2D eigenvalue weighted by atomic mass is 16.7. The molecule has 0 aromatic heterocycles. The van der Waals surface area contributed by atoms with Gasteiger partial charge < -0.3 is 9.47 Å². The van der Waals surface area contributed by atoms with Gasteiger partial charge in [-0.25, -0.2) is 0 Å². The van der Waals surface area contributed by atoms with Gasteiger partial charge in [0.25, 0.3) is 0 Å². The summed E-state index contributed by atoms with van der Waals surface area (Å²) in [5.74, 6) is 1.58. The van der Waals surface area contributed by atoms with Crippen LogP contribution in [0, 0.1) is 17.3 Å². The van der Waals surface area contributed by atoms with E-state index in [1.807, 2.05) is 0 Å². The molecule has 126 valence electrons. The van der Waals surface area contributed by atoms with E-state index in [9.17, 15) is 0 Å². The molecule has 3 fully saturated rings. The molecule has 3 aliphatic rings. The van der Waals surface area contributed by atoms with Gasteiger partial charge in [-0.05, 0) is 43.6 Å². The van der Waals surface area contributed by atoms with Crippen molar-refractivity contribution in [1.29, 1.82) is 0 Å². The van der Waals surface area contributed by atoms with Gasteiger partial charge in [-0.15, -0.1) is 0 Å². The highest BCUT2D eigenvalue weighted by molar-refractivity contribution is 5.22. The highest BCUT2D eigenvalue weighted by Crippen LogP contribution is 2.66. The van der Waals surface area contributed by atoms with Gasteiger partial charge in [-0.2, -0.15) is 0 Å². The summed E-state index contributed by atoms with van der Waals surface area (Å²) in [6.07, 6.45) is 3.54. The smallest absolute Gasteiger partial charge is 0.157 e. The van der Waals surface area contributed by atoms with Crippen LogP contribution in [0.25, 0.3) is 0 Å². The standard InChI is InChI=1S/C20H29NO2/c1-15-18-13-21(12-17-8-4-3-5-9-17)16(2)20(15,18)14-23-19-10-6-7-11-22-19/h3-5,8-9,15-16,18-19H,6-7,10-14H2,1-2H3. The summed E-state index contributed by atoms with van der Waals surface area (Å²) in [6, 6.07) is 11.4. The Morgan fingerprint density at radius 1 is 1.22 bits per heavy atom. The summed E-state index contributed by atoms with van der Waals surface area (Å²) in [5.41, 5.74) is 1.77. The molecule has 4 rings (SSSR count). The van der Waals surface area contributed by atoms with E-state index in [1.54, 1.807) is 0 Å². The lowest BCUT2D eigenvalue weighted by atomic mass is 9.95. The van der Waals surface area contributed by atoms with Gasteiger partial charge >= 0.3 is 0 Å². The van der Waals surface area contributed by atoms with E-state index in [0.717, 1.165) is 38.0 Å². The number of fused-ring (bicyclic) bond motifs is 1. The highest BCUT2D eigenvalue weighted by Gasteiger charge is 2.70. The Bertz CT molecular complexity index is 528. The number of likely N-dealkylation sites (tertiary alicyclic amines) is 1. The number of benzene rings is 1. The molecular formula is C20H29NO2. The number of rotatable bonds is 5. The molecule has 5 unspecified atom stereocenters. The van der Waals surface area contributed by atoms with Gasteiger partial charge in [0.05, 0.1) is 6.61 Å². The molecule has 3 heteroatoms. The Balaban J connectivity index is 1.38. The van der Waals surface area contributed by atoms with Crippen LogP contribution < -0.4 is 0 Å². The summed E-state index contributed by atoms with van der Waals surface area (Å²) in [7, 11) is 0. The summed E-state index contributed by atoms with van der Waals surface area (Å²) < 4.78 is 12.0. The van der Waals surface area contributed by atoms with Crippen molar-refractivity contribution >= 4 is 0 Å². The normalized spacial score (nSPS) is 40.1. The lowest BCUT2D eigenvalue weighted by molar-refractivity contribution is -0.174. The molecule has 2 saturated heterocycles. The maximum Gasteiger partial charge on any atom is 0.157 e. The molecule has 5 atom stereocenters. The Labute approximate surface area is 140 Å². The fraction of sp³-hybridized carbons (Fsp3) is 0.700. The Kier molecular flexibility index (Phi) is 4.21. The first-order chi connectivity index (χ1) is 11.2. The second kappa shape index (κ2) is 6.19. The minimum absolute atomic E-state index is 0.0435. The molecule has 0 bridgehead atoms. The van der Waals surface area contributed by atoms with E-state index >= 15 is 0 Å². The van der Waals surface area contributed by atoms with E-state index in [-0.39, 0.29) is 6.29 Å². The Morgan fingerprint density at radius 2 is 2.04 bits per heavy atom. The third-order valence-electron chi connectivity index (χ3n) is 6.67. The van der Waals surface area contributed by atoms with Crippen molar-refractivity contribution in [2.24, 2.45) is 17.3 Å². The lowest BCUT2D eigenvalue weighted by Crippen LogP contribution is -2.38. The van der Waals surface area contributed by atoms with Gasteiger partial charge in [0.2, 0.25) is 0 Å². The fourth-order valence-electron chi connectivity index (χ4n) is 4.98. The molecule has 3 nitrogen and oxygen atoms in total. The number of ether oxygens (including phenoxy) is 2. The maximum atomic E-state index is 6.20. The average molecular weight is 315 g/mol. The van der Waals surface area contributed by atoms with Crippen molar-refractivity contribution in [3.8, 4) is 0 Å². The third kappa shape index (κ3) is 2.73. The molecule has 0 amide bonds. The van der Waals surface area contributed by atoms with Crippen LogP contribution in [0.3, 0.4) is 0 Å². The van der Waals surface area contributed by atoms with Crippen LogP contribution in [0.1, 0.15) is 38.7 Å². The molecule has 1 aromatic carbocycles. The van der Waals surface area contributed by atoms with Crippen LogP contribution in [-0.2, 0) is 16.0 Å². The van der Waals surface area contributed by atoms with Gasteiger partial charge in [-0.1, -0.05) is 37.3 Å². The van der Waals surface area contributed by atoms with Crippen molar-refractivity contribution < 1.29 is 9.47 Å². The largest absolute Gasteiger partial charge is 0.353 e. The lowest BCUT2D eigenvalue weighted by Gasteiger charge is -2.32. The zero-order valence-electron chi connectivity index (χ0n) is 14.4. The first-order valence-electron chi connectivity index (χ1n) is 9.23. The number of nitrogens with zero attached hydrogens (tertiary/aromatic N) is 1. The van der Waals surface area contributed by atoms with Crippen LogP contribution in [0.15, 0.2) is 30.3 Å². The summed E-state index contributed by atoms with van der Waals surface area (Å²) in [5, 5.41) is 0. The topological polar surface area (TPSA) is 21.7 Å². The van der Waals surface area contributed by atoms with Gasteiger partial charge in [0.15, 0.2) is 6.29 Å². The van der Waals surface area contributed by atoms with Gasteiger partial charge in [-0.3, -0.25) is 4.90 Å². The number of hydrogen-bond acceptors (Lipinski definition) is 3. The van der Waals surface area contributed by atoms with E-state index in [0.29, 0.717) is 11.5 Å². The average Bonchev–Trinajstić information content (AvgIpc) is 3.04. The Morgan fingerprint density at radius 3 is 2.78 bits per heavy atom. The molecule has 1 aromatic rings. The van der Waals surface area contributed by atoms with E-state index in [4.69, 9.17) is 9.47 Å². The summed E-state index contributed by atoms with van der Waals surface area (Å²) in [6.45, 7) is 8.82. The quantitative estimate of drug-likeness (QED) is 0.827. The molecule has 0 spiro atoms. The van der Waals surface area contributed by atoms with Crippen LogP contribution in [0.4, 0.5) is 0 Å². The van der Waals surface area contributed by atoms with Crippen molar-refractivity contribution in [2.45, 2.75) is 52.0 Å². The van der Waals surface area contributed by atoms with E-state index in [1.165, 1.54) is 24.9 Å². The molecular weight excluding hydrogens is 286 g/mol. The zero-order valence-corrected chi connectivity index (χ0v) is 14.4. The molecule has 0 radical (unpaired) electrons. The van der Waals surface area contributed by atoms with Crippen LogP contribution in [0.5, 0.6) is 0 Å². The van der Waals surface area contributed by atoms with Crippen LogP contribution in [-0.4, -0.2) is 37.0 Å². The van der Waals surface area contributed by atoms with Crippen molar-refractivity contribution in [3.63, 3.8) is 0 Å². The van der Waals surface area contributed by atoms with E-state index < -0.39 is 0 Å². The van der Waals surface area contributed by atoms with E-state index in [2.05, 4.69) is 49.1 Å². The molecule has 1 saturated carbocycles. The first-order valence-corrected chi connectivity index (χ1v) is 9.23. The van der Waals surface area contributed by atoms with Crippen molar-refractivity contribution in [3.05, 3.63) is 35.9 Å². The van der Waals surface area contributed by atoms with Crippen LogP contribution in [0.2, 0.25) is 0 Å². The summed E-state index contributed by atoms with van der Waals surface area (Å²) in [4.78, 5) is 2.64. The Hall–Kier alpha value is -0.900. The molecule has 0 N–H and O–H groups in total. The maximum absolute atomic E-state index is 6.20. The van der Waals surface area contributed by atoms with Crippen molar-refractivity contribution in [1.82, 2.24) is 4.90 Å². The zero-order chi connectivity index (χ0) is 15.9. The molecule has 1 aliphatic carbocycles. The predicted octanol–water partition coefficient (Wildman–Crippen LogP) is 3.69. The van der Waals surface area contributed by atoms with Gasteiger partial charge in [0, 0.05) is 31.2 Å². The second-order valence-electron chi connectivity index (χ2n) is 7.71. The molecule has 2 heterocycles. The minimum atomic E-state index is 0.0435. The van der Waals surface area contributed by atoms with Crippen LogP contribution >= 0.6 is 0 Å². The molecule has 23 heavy (non-hydrogen) atoms. The second-order valence-corrected chi connectivity index (χ2v) is 7.71. The first kappa shape index (κ1) is 15.6. The number of piperidine rings is 1. The summed E-state index contributed by atoms with van der Waals surface area (Å²) >= 11 is 0. The SMILES string of the molecule is CC1C2CN(Cc3ccccc3)C(C)C12COC1CCCCO1. The predicted molar refractivity (Wildman–Crippen MR) is 90.9 cm³/mol. The van der Waals surface area contributed by atoms with Gasteiger partial charge in [0.1, 0.15) is 0 Å². The monoisotopic (exact) mass is 315 g/mol. The third-order valence-corrected chi connectivity index (χ3v) is 6.67. The molecule has 2 aliphatic heterocycles. The minimum Gasteiger partial charge on any atom is -0.353 e. The van der Waals surface area contributed by atoms with Crippen molar-refractivity contribution in [2.75, 3.05) is 19.8 Å². The number of hydrogen-bond donors (Lipinski definition) is 0.